The number of halogens is 1. The van der Waals surface area contributed by atoms with Crippen LogP contribution in [-0.2, 0) is 26.6 Å². The number of rotatable bonds is 5. The minimum absolute atomic E-state index is 0. The number of hydrogen-bond donors (Lipinski definition) is 2. The molecule has 128 valence electrons. The second-order valence-corrected chi connectivity index (χ2v) is 6.53. The van der Waals surface area contributed by atoms with Gasteiger partial charge in [0.25, 0.3) is 0 Å². The summed E-state index contributed by atoms with van der Waals surface area (Å²) in [6.07, 6.45) is 1.09. The first-order chi connectivity index (χ1) is 10.5. The van der Waals surface area contributed by atoms with Crippen molar-refractivity contribution in [3.63, 3.8) is 0 Å². The Balaban J connectivity index is 0.00000264. The summed E-state index contributed by atoms with van der Waals surface area (Å²) in [7, 11) is 3.77. The normalized spacial score (nSPS) is 11.3. The third-order valence-electron chi connectivity index (χ3n) is 3.81. The summed E-state index contributed by atoms with van der Waals surface area (Å²) in [5, 5.41) is 11.2. The number of aromatic nitrogens is 2. The van der Waals surface area contributed by atoms with Crippen molar-refractivity contribution in [1.82, 2.24) is 20.4 Å². The maximum Gasteiger partial charge on any atom is 0.191 e. The lowest BCUT2D eigenvalue weighted by atomic mass is 10.2. The fourth-order valence-corrected chi connectivity index (χ4v) is 3.24. The van der Waals surface area contributed by atoms with Crippen LogP contribution < -0.4 is 10.6 Å². The number of nitrogens with one attached hydrogen (secondary N) is 2. The van der Waals surface area contributed by atoms with E-state index in [-0.39, 0.29) is 24.0 Å². The molecular formula is C16H26IN5S. The van der Waals surface area contributed by atoms with Crippen molar-refractivity contribution in [2.24, 2.45) is 12.0 Å². The molecular weight excluding hydrogens is 421 g/mol. The zero-order chi connectivity index (χ0) is 16.1. The standard InChI is InChI=1S/C16H25N5S.HI/c1-6-13-7-8-14(22-13)9-18-16(17-4)19-10-15-11(2)20-21(5)12(15)3;/h7-8H,6,9-10H2,1-5H3,(H2,17,18,19);1H. The van der Waals surface area contributed by atoms with E-state index in [9.17, 15) is 0 Å². The molecule has 0 atom stereocenters. The lowest BCUT2D eigenvalue weighted by Gasteiger charge is -2.11. The van der Waals surface area contributed by atoms with Gasteiger partial charge in [-0.3, -0.25) is 9.67 Å². The molecule has 5 nitrogen and oxygen atoms in total. The largest absolute Gasteiger partial charge is 0.352 e. The lowest BCUT2D eigenvalue weighted by Crippen LogP contribution is -2.36. The summed E-state index contributed by atoms with van der Waals surface area (Å²) in [6.45, 7) is 7.84. The molecule has 2 aromatic heterocycles. The Kier molecular flexibility index (Phi) is 8.04. The number of hydrogen-bond acceptors (Lipinski definition) is 3. The van der Waals surface area contributed by atoms with Crippen molar-refractivity contribution in [3.05, 3.63) is 38.8 Å². The number of aryl methyl sites for hydroxylation is 3. The Labute approximate surface area is 159 Å². The van der Waals surface area contributed by atoms with Crippen LogP contribution in [0.15, 0.2) is 17.1 Å². The van der Waals surface area contributed by atoms with Gasteiger partial charge in [-0.05, 0) is 32.4 Å². The van der Waals surface area contributed by atoms with E-state index in [0.717, 1.165) is 31.2 Å². The topological polar surface area (TPSA) is 54.2 Å². The van der Waals surface area contributed by atoms with E-state index in [1.807, 2.05) is 30.0 Å². The molecule has 0 aliphatic rings. The molecule has 2 rings (SSSR count). The molecule has 2 N–H and O–H groups in total. The molecule has 0 aromatic carbocycles. The smallest absolute Gasteiger partial charge is 0.191 e. The first-order valence-electron chi connectivity index (χ1n) is 7.56. The molecule has 23 heavy (non-hydrogen) atoms. The molecule has 0 unspecified atom stereocenters. The van der Waals surface area contributed by atoms with Crippen molar-refractivity contribution >= 4 is 41.3 Å². The number of aliphatic imine (C=N–C) groups is 1. The highest BCUT2D eigenvalue weighted by molar-refractivity contribution is 14.0. The first kappa shape index (κ1) is 20.0. The summed E-state index contributed by atoms with van der Waals surface area (Å²) < 4.78 is 1.92. The molecule has 0 amide bonds. The maximum atomic E-state index is 4.44. The number of nitrogens with zero attached hydrogens (tertiary/aromatic N) is 3. The molecule has 2 heterocycles. The molecule has 7 heteroatoms. The fraction of sp³-hybridized carbons (Fsp3) is 0.500. The second-order valence-electron chi connectivity index (χ2n) is 5.27. The summed E-state index contributed by atoms with van der Waals surface area (Å²) in [5.74, 6) is 0.814. The van der Waals surface area contributed by atoms with E-state index in [1.165, 1.54) is 21.0 Å². The highest BCUT2D eigenvalue weighted by Gasteiger charge is 2.09. The van der Waals surface area contributed by atoms with Crippen LogP contribution in [0.5, 0.6) is 0 Å². The third-order valence-corrected chi connectivity index (χ3v) is 5.04. The van der Waals surface area contributed by atoms with Gasteiger partial charge < -0.3 is 10.6 Å². The van der Waals surface area contributed by atoms with Crippen molar-refractivity contribution in [2.75, 3.05) is 7.05 Å². The Morgan fingerprint density at radius 2 is 1.87 bits per heavy atom. The molecule has 2 aromatic rings. The lowest BCUT2D eigenvalue weighted by molar-refractivity contribution is 0.728. The monoisotopic (exact) mass is 447 g/mol. The van der Waals surface area contributed by atoms with Crippen molar-refractivity contribution < 1.29 is 0 Å². The molecule has 0 fully saturated rings. The SMILES string of the molecule is CCc1ccc(CNC(=NC)NCc2c(C)nn(C)c2C)s1.I. The van der Waals surface area contributed by atoms with E-state index < -0.39 is 0 Å². The van der Waals surface area contributed by atoms with Crippen LogP contribution in [0, 0.1) is 13.8 Å². The first-order valence-corrected chi connectivity index (χ1v) is 8.38. The highest BCUT2D eigenvalue weighted by Crippen LogP contribution is 2.16. The molecule has 0 bridgehead atoms. The van der Waals surface area contributed by atoms with Gasteiger partial charge >= 0.3 is 0 Å². The third kappa shape index (κ3) is 5.20. The predicted octanol–water partition coefficient (Wildman–Crippen LogP) is 3.14. The van der Waals surface area contributed by atoms with Gasteiger partial charge in [-0.2, -0.15) is 5.10 Å². The van der Waals surface area contributed by atoms with Crippen LogP contribution >= 0.6 is 35.3 Å². The molecule has 0 aliphatic carbocycles. The van der Waals surface area contributed by atoms with Gasteiger partial charge in [-0.25, -0.2) is 0 Å². The van der Waals surface area contributed by atoms with Gasteiger partial charge in [-0.15, -0.1) is 35.3 Å². The minimum Gasteiger partial charge on any atom is -0.352 e. The maximum absolute atomic E-state index is 4.44. The average molecular weight is 447 g/mol. The summed E-state index contributed by atoms with van der Waals surface area (Å²) in [5.41, 5.74) is 3.48. The van der Waals surface area contributed by atoms with Crippen molar-refractivity contribution in [1.29, 1.82) is 0 Å². The van der Waals surface area contributed by atoms with Crippen LogP contribution in [0.1, 0.15) is 33.6 Å². The summed E-state index contributed by atoms with van der Waals surface area (Å²) in [6, 6.07) is 4.37. The fourth-order valence-electron chi connectivity index (χ4n) is 2.34. The van der Waals surface area contributed by atoms with E-state index in [0.29, 0.717) is 0 Å². The zero-order valence-electron chi connectivity index (χ0n) is 14.4. The molecule has 0 aliphatic heterocycles. The van der Waals surface area contributed by atoms with Crippen LogP contribution in [0.2, 0.25) is 0 Å². The molecule has 0 radical (unpaired) electrons. The van der Waals surface area contributed by atoms with Crippen LogP contribution in [0.25, 0.3) is 0 Å². The Hall–Kier alpha value is -1.09. The zero-order valence-corrected chi connectivity index (χ0v) is 17.6. The van der Waals surface area contributed by atoms with Crippen molar-refractivity contribution in [3.8, 4) is 0 Å². The van der Waals surface area contributed by atoms with E-state index in [4.69, 9.17) is 0 Å². The van der Waals surface area contributed by atoms with E-state index in [2.05, 4.69) is 46.7 Å². The minimum atomic E-state index is 0. The van der Waals surface area contributed by atoms with Gasteiger partial charge in [0.15, 0.2) is 5.96 Å². The van der Waals surface area contributed by atoms with Gasteiger partial charge in [0.05, 0.1) is 12.2 Å². The van der Waals surface area contributed by atoms with E-state index >= 15 is 0 Å². The summed E-state index contributed by atoms with van der Waals surface area (Å²) >= 11 is 1.85. The highest BCUT2D eigenvalue weighted by atomic mass is 127. The van der Waals surface area contributed by atoms with Crippen LogP contribution in [0.4, 0.5) is 0 Å². The number of guanidine groups is 1. The van der Waals surface area contributed by atoms with Crippen molar-refractivity contribution in [2.45, 2.75) is 40.3 Å². The van der Waals surface area contributed by atoms with Gasteiger partial charge in [0, 0.05) is 41.7 Å². The predicted molar refractivity (Wildman–Crippen MR) is 109 cm³/mol. The van der Waals surface area contributed by atoms with Gasteiger partial charge in [-0.1, -0.05) is 6.92 Å². The number of thiophene rings is 1. The average Bonchev–Trinajstić information content (AvgIpc) is 3.06. The van der Waals surface area contributed by atoms with Gasteiger partial charge in [0.1, 0.15) is 0 Å². The Bertz CT molecular complexity index is 659. The molecule has 0 saturated heterocycles. The Morgan fingerprint density at radius 1 is 1.22 bits per heavy atom. The molecule has 0 spiro atoms. The van der Waals surface area contributed by atoms with Gasteiger partial charge in [0.2, 0.25) is 0 Å². The quantitative estimate of drug-likeness (QED) is 0.421. The second kappa shape index (κ2) is 9.27. The molecule has 0 saturated carbocycles. The van der Waals surface area contributed by atoms with E-state index in [1.54, 1.807) is 7.05 Å². The Morgan fingerprint density at radius 3 is 2.39 bits per heavy atom. The van der Waals surface area contributed by atoms with Crippen LogP contribution in [-0.4, -0.2) is 22.8 Å². The van der Waals surface area contributed by atoms with Crippen LogP contribution in [0.3, 0.4) is 0 Å². The summed E-state index contributed by atoms with van der Waals surface area (Å²) in [4.78, 5) is 7.03.